The van der Waals surface area contributed by atoms with Gasteiger partial charge >= 0.3 is 11.9 Å². The average molecular weight is 845 g/mol. The lowest BCUT2D eigenvalue weighted by Gasteiger charge is -2.63. The quantitative estimate of drug-likeness (QED) is 0.0944. The van der Waals surface area contributed by atoms with E-state index in [1.54, 1.807) is 7.11 Å². The van der Waals surface area contributed by atoms with Crippen LogP contribution < -0.4 is 0 Å². The van der Waals surface area contributed by atoms with Gasteiger partial charge in [-0.25, -0.2) is 14.7 Å². The maximum atomic E-state index is 11.2. The number of carboxylic acids is 2. The summed E-state index contributed by atoms with van der Waals surface area (Å²) >= 11 is 0. The molecule has 8 aliphatic carbocycles. The molecule has 2 unspecified atom stereocenters. The zero-order chi connectivity index (χ0) is 43.4. The number of hydrogen-bond acceptors (Lipinski definition) is 8. The molecule has 8 aliphatic rings. The SMILES string of the molecule is COOC1C[C@@H]2C[C@H](COO)CC[C@]2(C)[C@H]2CC[C@]3(C)[C@@H]([C@H](C)CCC(=O)O)CC[C@H]3[C@H]12.C[C@H](CCC(=O)O)[C@H]1CC[C@H]2[C@@H]3C(O)C[C@@H]4C[C@H](O)CC[C@]4(C)[C@H]3CC[C@]12C. The van der Waals surface area contributed by atoms with Crippen molar-refractivity contribution in [3.8, 4) is 0 Å². The van der Waals surface area contributed by atoms with E-state index in [0.29, 0.717) is 89.0 Å². The molecule has 0 aromatic rings. The van der Waals surface area contributed by atoms with Gasteiger partial charge in [0.05, 0.1) is 32.0 Å². The average Bonchev–Trinajstić information content (AvgIpc) is 3.74. The fraction of sp³-hybridized carbons (Fsp3) is 0.960. The molecule has 60 heavy (non-hydrogen) atoms. The monoisotopic (exact) mass is 845 g/mol. The molecule has 8 saturated carbocycles. The topological polar surface area (TPSA) is 163 Å². The van der Waals surface area contributed by atoms with Crippen LogP contribution in [0.5, 0.6) is 0 Å². The van der Waals surface area contributed by atoms with Crippen molar-refractivity contribution in [2.24, 2.45) is 98.6 Å². The fourth-order valence-corrected chi connectivity index (χ4v) is 18.0. The van der Waals surface area contributed by atoms with Crippen molar-refractivity contribution >= 4 is 11.9 Å². The number of carboxylic acid groups (broad SMARTS) is 2. The molecule has 8 fully saturated rings. The van der Waals surface area contributed by atoms with Crippen molar-refractivity contribution in [3.05, 3.63) is 0 Å². The number of fused-ring (bicyclic) bond motifs is 10. The third kappa shape index (κ3) is 8.40. The molecule has 0 radical (unpaired) electrons. The molecule has 10 nitrogen and oxygen atoms in total. The molecule has 0 heterocycles. The van der Waals surface area contributed by atoms with Crippen molar-refractivity contribution in [3.63, 3.8) is 0 Å². The van der Waals surface area contributed by atoms with E-state index in [1.807, 2.05) is 0 Å². The number of aliphatic hydroxyl groups excluding tert-OH is 2. The summed E-state index contributed by atoms with van der Waals surface area (Å²) in [6, 6.07) is 0. The Morgan fingerprint density at radius 1 is 0.617 bits per heavy atom. The predicted octanol–water partition coefficient (Wildman–Crippen LogP) is 10.3. The minimum atomic E-state index is -0.684. The molecule has 0 spiro atoms. The van der Waals surface area contributed by atoms with Gasteiger partial charge in [0.25, 0.3) is 0 Å². The summed E-state index contributed by atoms with van der Waals surface area (Å²) in [7, 11) is 1.64. The highest BCUT2D eigenvalue weighted by atomic mass is 17.2. The van der Waals surface area contributed by atoms with Gasteiger partial charge in [0.15, 0.2) is 0 Å². The normalized spacial score (nSPS) is 49.0. The van der Waals surface area contributed by atoms with Crippen LogP contribution in [0.15, 0.2) is 0 Å². The molecule has 0 bridgehead atoms. The van der Waals surface area contributed by atoms with E-state index in [-0.39, 0.29) is 47.4 Å². The Morgan fingerprint density at radius 2 is 1.10 bits per heavy atom. The molecule has 0 aromatic carbocycles. The van der Waals surface area contributed by atoms with Crippen molar-refractivity contribution in [1.29, 1.82) is 0 Å². The van der Waals surface area contributed by atoms with E-state index < -0.39 is 11.9 Å². The van der Waals surface area contributed by atoms with Crippen molar-refractivity contribution in [1.82, 2.24) is 0 Å². The minimum absolute atomic E-state index is 0.120. The van der Waals surface area contributed by atoms with Crippen LogP contribution in [-0.4, -0.2) is 69.7 Å². The molecular formula is C50H84O10. The largest absolute Gasteiger partial charge is 0.481 e. The molecule has 0 saturated heterocycles. The molecular weight excluding hydrogens is 761 g/mol. The van der Waals surface area contributed by atoms with E-state index in [2.05, 4.69) is 46.4 Å². The summed E-state index contributed by atoms with van der Waals surface area (Å²) in [5.41, 5.74) is 1.10. The van der Waals surface area contributed by atoms with Crippen LogP contribution in [0.1, 0.15) is 170 Å². The maximum absolute atomic E-state index is 11.2. The van der Waals surface area contributed by atoms with Gasteiger partial charge in [0.1, 0.15) is 0 Å². The molecule has 5 N–H and O–H groups in total. The van der Waals surface area contributed by atoms with Crippen molar-refractivity contribution in [2.45, 2.75) is 188 Å². The van der Waals surface area contributed by atoms with Crippen LogP contribution in [0, 0.1) is 98.6 Å². The Morgan fingerprint density at radius 3 is 1.63 bits per heavy atom. The van der Waals surface area contributed by atoms with Gasteiger partial charge in [-0.05, 0) is 214 Å². The molecule has 0 aromatic heterocycles. The Kier molecular flexibility index (Phi) is 14.2. The zero-order valence-electron chi connectivity index (χ0n) is 38.4. The third-order valence-corrected chi connectivity index (χ3v) is 21.1. The first-order valence-electron chi connectivity index (χ1n) is 24.7. The Hall–Kier alpha value is -1.30. The van der Waals surface area contributed by atoms with E-state index in [4.69, 9.17) is 20.1 Å². The van der Waals surface area contributed by atoms with E-state index in [9.17, 15) is 24.9 Å². The summed E-state index contributed by atoms with van der Waals surface area (Å²) < 4.78 is 0. The lowest BCUT2D eigenvalue weighted by molar-refractivity contribution is -0.345. The van der Waals surface area contributed by atoms with Crippen molar-refractivity contribution < 1.29 is 49.9 Å². The Balaban J connectivity index is 0.000000183. The first kappa shape index (κ1) is 46.7. The number of aliphatic carboxylic acids is 2. The Bertz CT molecular complexity index is 1490. The number of rotatable bonds is 12. The predicted molar refractivity (Wildman–Crippen MR) is 229 cm³/mol. The highest BCUT2D eigenvalue weighted by molar-refractivity contribution is 5.66. The number of aliphatic hydroxyl groups is 2. The minimum Gasteiger partial charge on any atom is -0.481 e. The summed E-state index contributed by atoms with van der Waals surface area (Å²) in [5.74, 6) is 5.50. The summed E-state index contributed by atoms with van der Waals surface area (Å²) in [5, 5.41) is 48.7. The summed E-state index contributed by atoms with van der Waals surface area (Å²) in [4.78, 5) is 38.1. The molecule has 0 amide bonds. The zero-order valence-corrected chi connectivity index (χ0v) is 38.4. The lowest BCUT2D eigenvalue weighted by Crippen LogP contribution is -2.59. The van der Waals surface area contributed by atoms with Gasteiger partial charge < -0.3 is 20.4 Å². The van der Waals surface area contributed by atoms with Crippen LogP contribution in [-0.2, 0) is 24.3 Å². The smallest absolute Gasteiger partial charge is 0.303 e. The molecule has 20 atom stereocenters. The van der Waals surface area contributed by atoms with Crippen LogP contribution in [0.2, 0.25) is 0 Å². The van der Waals surface area contributed by atoms with Crippen LogP contribution in [0.4, 0.5) is 0 Å². The fourth-order valence-electron chi connectivity index (χ4n) is 18.0. The number of hydrogen-bond donors (Lipinski definition) is 5. The molecule has 344 valence electrons. The molecule has 10 heteroatoms. The van der Waals surface area contributed by atoms with E-state index in [1.165, 1.54) is 57.8 Å². The van der Waals surface area contributed by atoms with Gasteiger partial charge in [-0.15, -0.1) is 0 Å². The van der Waals surface area contributed by atoms with Gasteiger partial charge in [-0.2, -0.15) is 0 Å². The van der Waals surface area contributed by atoms with E-state index >= 15 is 0 Å². The maximum Gasteiger partial charge on any atom is 0.303 e. The van der Waals surface area contributed by atoms with Crippen molar-refractivity contribution in [2.75, 3.05) is 13.7 Å². The first-order valence-corrected chi connectivity index (χ1v) is 24.7. The van der Waals surface area contributed by atoms with Gasteiger partial charge in [0.2, 0.25) is 0 Å². The second-order valence-electron chi connectivity index (χ2n) is 23.5. The molecule has 0 aliphatic heterocycles. The van der Waals surface area contributed by atoms with Crippen LogP contribution in [0.25, 0.3) is 0 Å². The van der Waals surface area contributed by atoms with Crippen LogP contribution >= 0.6 is 0 Å². The van der Waals surface area contributed by atoms with Crippen LogP contribution in [0.3, 0.4) is 0 Å². The highest BCUT2D eigenvalue weighted by Crippen LogP contribution is 2.70. The van der Waals surface area contributed by atoms with Gasteiger partial charge in [0, 0.05) is 12.8 Å². The first-order chi connectivity index (χ1) is 28.4. The van der Waals surface area contributed by atoms with E-state index in [0.717, 1.165) is 57.8 Å². The number of carbonyl (C=O) groups is 2. The summed E-state index contributed by atoms with van der Waals surface area (Å²) in [6.45, 7) is 14.9. The highest BCUT2D eigenvalue weighted by Gasteiger charge is 2.65. The standard InChI is InChI=1S/C26H44O6.C24H40O4/c1-16(5-8-23(27)28)19-6-7-20-24-21(10-12-26(19,20)3)25(2)11-9-17(15-31-29)13-18(25)14-22(24)32-30-4;1-14(4-7-21(27)28)17-5-6-18-22-19(9-11-24(17,18)3)23(2)10-8-16(25)12-15(23)13-20(22)26/h16-22,24,29H,5-15H2,1-4H3,(H,27,28);14-20,22,25-26H,4-13H2,1-3H3,(H,27,28)/t16-,17-,18+,19-,20+,21+,22?,24+,25+,26-;14-,15+,16-,17-,18+,19+,20?,22+,23+,24-/m11/s1. The molecule has 8 rings (SSSR count). The van der Waals surface area contributed by atoms with Gasteiger partial charge in [-0.3, -0.25) is 14.8 Å². The second kappa shape index (κ2) is 18.3. The summed E-state index contributed by atoms with van der Waals surface area (Å²) in [6.07, 6.45) is 19.7. The Labute approximate surface area is 361 Å². The third-order valence-electron chi connectivity index (χ3n) is 21.1. The lowest BCUT2D eigenvalue weighted by atomic mass is 9.43. The van der Waals surface area contributed by atoms with Gasteiger partial charge in [-0.1, -0.05) is 41.5 Å². The second-order valence-corrected chi connectivity index (χ2v) is 23.5.